The number of hydrogen-bond acceptors (Lipinski definition) is 5. The summed E-state index contributed by atoms with van der Waals surface area (Å²) >= 11 is 6.14. The zero-order chi connectivity index (χ0) is 19.8. The summed E-state index contributed by atoms with van der Waals surface area (Å²) in [5, 5.41) is 4.23. The van der Waals surface area contributed by atoms with E-state index in [4.69, 9.17) is 25.9 Å². The van der Waals surface area contributed by atoms with Crippen LogP contribution in [-0.4, -0.2) is 44.9 Å². The predicted molar refractivity (Wildman–Crippen MR) is 106 cm³/mol. The van der Waals surface area contributed by atoms with Gasteiger partial charge in [-0.3, -0.25) is 4.79 Å². The van der Waals surface area contributed by atoms with Crippen LogP contribution in [0.4, 0.5) is 0 Å². The van der Waals surface area contributed by atoms with Crippen molar-refractivity contribution < 1.29 is 19.1 Å². The van der Waals surface area contributed by atoms with Gasteiger partial charge in [0.1, 0.15) is 0 Å². The van der Waals surface area contributed by atoms with Gasteiger partial charge in [0.2, 0.25) is 0 Å². The first-order valence-corrected chi connectivity index (χ1v) is 8.69. The lowest BCUT2D eigenvalue weighted by Gasteiger charge is -2.17. The minimum absolute atomic E-state index is 0.153. The fraction of sp³-hybridized carbons (Fsp3) is 0.300. The Morgan fingerprint density at radius 2 is 1.96 bits per heavy atom. The molecule has 2 rings (SSSR count). The van der Waals surface area contributed by atoms with Gasteiger partial charge in [-0.1, -0.05) is 41.0 Å². The van der Waals surface area contributed by atoms with Crippen LogP contribution in [0.5, 0.6) is 11.5 Å². The predicted octanol–water partition coefficient (Wildman–Crippen LogP) is 3.67. The molecule has 0 saturated heterocycles. The van der Waals surface area contributed by atoms with Crippen LogP contribution in [0, 0.1) is 6.92 Å². The number of likely N-dealkylation sites (N-methyl/N-ethyl adjacent to an activating group) is 1. The Hall–Kier alpha value is -2.73. The van der Waals surface area contributed by atoms with E-state index in [2.05, 4.69) is 5.16 Å². The van der Waals surface area contributed by atoms with Gasteiger partial charge in [0.05, 0.1) is 25.5 Å². The highest BCUT2D eigenvalue weighted by molar-refractivity contribution is 6.32. The molecule has 0 saturated carbocycles. The van der Waals surface area contributed by atoms with Crippen molar-refractivity contribution in [3.8, 4) is 11.5 Å². The van der Waals surface area contributed by atoms with Crippen molar-refractivity contribution in [3.63, 3.8) is 0 Å². The number of rotatable bonds is 8. The summed E-state index contributed by atoms with van der Waals surface area (Å²) in [6, 6.07) is 11.3. The highest BCUT2D eigenvalue weighted by Crippen LogP contribution is 2.35. The molecule has 7 heteroatoms. The van der Waals surface area contributed by atoms with Crippen molar-refractivity contribution in [1.82, 2.24) is 4.90 Å². The molecular formula is C20H23ClN2O4. The van der Waals surface area contributed by atoms with Gasteiger partial charge in [-0.15, -0.1) is 0 Å². The molecule has 1 amide bonds. The normalized spacial score (nSPS) is 10.7. The third-order valence-corrected chi connectivity index (χ3v) is 4.30. The maximum atomic E-state index is 12.2. The standard InChI is InChI=1S/C20H23ClN2O4/c1-14-7-5-6-8-16(14)12-23(2)19(24)13-27-22-11-15-9-17(21)20(26-4)18(10-15)25-3/h5-11H,12-13H2,1-4H3/b22-11+. The third kappa shape index (κ3) is 5.62. The average Bonchev–Trinajstić information content (AvgIpc) is 2.66. The van der Waals surface area contributed by atoms with Gasteiger partial charge < -0.3 is 19.2 Å². The minimum Gasteiger partial charge on any atom is -0.493 e. The number of carbonyl (C=O) groups excluding carboxylic acids is 1. The molecule has 0 aromatic heterocycles. The SMILES string of the molecule is COc1cc(/C=N/OCC(=O)N(C)Cc2ccccc2C)cc(Cl)c1OC. The molecule has 0 aliphatic carbocycles. The molecule has 0 spiro atoms. The maximum Gasteiger partial charge on any atom is 0.263 e. The highest BCUT2D eigenvalue weighted by atomic mass is 35.5. The Morgan fingerprint density at radius 3 is 2.63 bits per heavy atom. The number of ether oxygens (including phenoxy) is 2. The molecule has 144 valence electrons. The van der Waals surface area contributed by atoms with Crippen LogP contribution < -0.4 is 9.47 Å². The van der Waals surface area contributed by atoms with E-state index < -0.39 is 0 Å². The van der Waals surface area contributed by atoms with Gasteiger partial charge in [0.25, 0.3) is 5.91 Å². The number of oxime groups is 1. The second kappa shape index (κ2) is 9.83. The fourth-order valence-corrected chi connectivity index (χ4v) is 2.74. The van der Waals surface area contributed by atoms with Crippen molar-refractivity contribution in [2.45, 2.75) is 13.5 Å². The molecule has 2 aromatic carbocycles. The third-order valence-electron chi connectivity index (χ3n) is 4.01. The monoisotopic (exact) mass is 390 g/mol. The highest BCUT2D eigenvalue weighted by Gasteiger charge is 2.12. The van der Waals surface area contributed by atoms with Gasteiger partial charge in [0, 0.05) is 19.2 Å². The average molecular weight is 391 g/mol. The molecule has 0 atom stereocenters. The summed E-state index contributed by atoms with van der Waals surface area (Å²) in [4.78, 5) is 18.9. The summed E-state index contributed by atoms with van der Waals surface area (Å²) < 4.78 is 10.4. The van der Waals surface area contributed by atoms with E-state index in [1.54, 1.807) is 24.1 Å². The largest absolute Gasteiger partial charge is 0.493 e. The summed E-state index contributed by atoms with van der Waals surface area (Å²) in [5.74, 6) is 0.770. The van der Waals surface area contributed by atoms with E-state index in [1.807, 2.05) is 31.2 Å². The molecule has 0 radical (unpaired) electrons. The Bertz CT molecular complexity index is 824. The number of benzene rings is 2. The number of nitrogens with zero attached hydrogens (tertiary/aromatic N) is 2. The lowest BCUT2D eigenvalue weighted by Crippen LogP contribution is -2.29. The van der Waals surface area contributed by atoms with Crippen LogP contribution in [0.15, 0.2) is 41.6 Å². The zero-order valence-corrected chi connectivity index (χ0v) is 16.6. The van der Waals surface area contributed by atoms with E-state index >= 15 is 0 Å². The topological polar surface area (TPSA) is 60.4 Å². The van der Waals surface area contributed by atoms with Crippen LogP contribution in [0.25, 0.3) is 0 Å². The van der Waals surface area contributed by atoms with Gasteiger partial charge in [-0.05, 0) is 30.2 Å². The van der Waals surface area contributed by atoms with Gasteiger partial charge >= 0.3 is 0 Å². The van der Waals surface area contributed by atoms with E-state index in [-0.39, 0.29) is 12.5 Å². The number of methoxy groups -OCH3 is 2. The quantitative estimate of drug-likeness (QED) is 0.509. The molecule has 0 heterocycles. The number of aryl methyl sites for hydroxylation is 1. The summed E-state index contributed by atoms with van der Waals surface area (Å²) in [6.45, 7) is 2.38. The van der Waals surface area contributed by atoms with Crippen LogP contribution in [0.1, 0.15) is 16.7 Å². The summed E-state index contributed by atoms with van der Waals surface area (Å²) in [5.41, 5.74) is 2.90. The molecule has 0 fully saturated rings. The van der Waals surface area contributed by atoms with Crippen molar-refractivity contribution in [1.29, 1.82) is 0 Å². The number of amides is 1. The van der Waals surface area contributed by atoms with E-state index in [9.17, 15) is 4.79 Å². The molecule has 0 aliphatic rings. The Balaban J connectivity index is 1.91. The second-order valence-electron chi connectivity index (χ2n) is 5.92. The second-order valence-corrected chi connectivity index (χ2v) is 6.33. The van der Waals surface area contributed by atoms with Crippen LogP contribution >= 0.6 is 11.6 Å². The molecule has 2 aromatic rings. The molecule has 0 N–H and O–H groups in total. The Kier molecular flexibility index (Phi) is 7.49. The number of hydrogen-bond donors (Lipinski definition) is 0. The summed E-state index contributed by atoms with van der Waals surface area (Å²) in [7, 11) is 4.77. The zero-order valence-electron chi connectivity index (χ0n) is 15.9. The minimum atomic E-state index is -0.166. The Morgan fingerprint density at radius 1 is 1.22 bits per heavy atom. The lowest BCUT2D eigenvalue weighted by molar-refractivity contribution is -0.135. The van der Waals surface area contributed by atoms with Crippen molar-refractivity contribution in [3.05, 3.63) is 58.1 Å². The molecule has 0 aliphatic heterocycles. The van der Waals surface area contributed by atoms with Crippen LogP contribution in [-0.2, 0) is 16.2 Å². The maximum absolute atomic E-state index is 12.2. The molecule has 6 nitrogen and oxygen atoms in total. The molecule has 0 bridgehead atoms. The molecule has 27 heavy (non-hydrogen) atoms. The van der Waals surface area contributed by atoms with Gasteiger partial charge in [0.15, 0.2) is 18.1 Å². The van der Waals surface area contributed by atoms with Crippen molar-refractivity contribution >= 4 is 23.7 Å². The smallest absolute Gasteiger partial charge is 0.263 e. The van der Waals surface area contributed by atoms with Gasteiger partial charge in [-0.25, -0.2) is 0 Å². The lowest BCUT2D eigenvalue weighted by atomic mass is 10.1. The molecular weight excluding hydrogens is 368 g/mol. The first-order chi connectivity index (χ1) is 13.0. The van der Waals surface area contributed by atoms with E-state index in [1.165, 1.54) is 20.4 Å². The number of halogens is 1. The van der Waals surface area contributed by atoms with Crippen LogP contribution in [0.2, 0.25) is 5.02 Å². The first kappa shape index (κ1) is 20.6. The van der Waals surface area contributed by atoms with Crippen molar-refractivity contribution in [2.75, 3.05) is 27.9 Å². The summed E-state index contributed by atoms with van der Waals surface area (Å²) in [6.07, 6.45) is 1.46. The van der Waals surface area contributed by atoms with E-state index in [0.29, 0.717) is 28.6 Å². The fourth-order valence-electron chi connectivity index (χ4n) is 2.44. The Labute approximate surface area is 164 Å². The van der Waals surface area contributed by atoms with Crippen LogP contribution in [0.3, 0.4) is 0 Å². The number of carbonyl (C=O) groups is 1. The van der Waals surface area contributed by atoms with Crippen molar-refractivity contribution in [2.24, 2.45) is 5.16 Å². The van der Waals surface area contributed by atoms with Gasteiger partial charge in [-0.2, -0.15) is 0 Å². The van der Waals surface area contributed by atoms with E-state index in [0.717, 1.165) is 11.1 Å². The first-order valence-electron chi connectivity index (χ1n) is 8.31. The molecule has 0 unspecified atom stereocenters.